The Kier molecular flexibility index (Phi) is 6.90. The minimum absolute atomic E-state index is 0.0554. The van der Waals surface area contributed by atoms with Crippen molar-refractivity contribution >= 4 is 46.4 Å². The number of benzene rings is 2. The number of carbonyl (C=O) groups is 1. The molecule has 9 heteroatoms. The molecule has 7 nitrogen and oxygen atoms in total. The Morgan fingerprint density at radius 2 is 1.97 bits per heavy atom. The molecule has 2 aromatic carbocycles. The van der Waals surface area contributed by atoms with E-state index in [1.54, 1.807) is 18.2 Å². The second kappa shape index (κ2) is 10.2. The zero-order valence-electron chi connectivity index (χ0n) is 19.1. The van der Waals surface area contributed by atoms with Crippen molar-refractivity contribution in [2.24, 2.45) is 0 Å². The van der Waals surface area contributed by atoms with E-state index in [-0.39, 0.29) is 24.1 Å². The SMILES string of the molecule is C=CCc1cc(Nc2ncc3c(n2)OCN(c2c(Cl)cccc2Cl)C3=O)ccc1C1CCNCC1. The van der Waals surface area contributed by atoms with Crippen molar-refractivity contribution in [3.8, 4) is 5.88 Å². The van der Waals surface area contributed by atoms with E-state index in [2.05, 4.69) is 39.3 Å². The number of rotatable bonds is 6. The summed E-state index contributed by atoms with van der Waals surface area (Å²) in [6, 6.07) is 11.4. The number of allylic oxidation sites excluding steroid dienone is 1. The van der Waals surface area contributed by atoms with Gasteiger partial charge in [-0.3, -0.25) is 9.69 Å². The zero-order chi connectivity index (χ0) is 24.4. The number of amides is 1. The lowest BCUT2D eigenvalue weighted by Gasteiger charge is -2.29. The van der Waals surface area contributed by atoms with Gasteiger partial charge in [-0.05, 0) is 73.7 Å². The van der Waals surface area contributed by atoms with E-state index >= 15 is 0 Å². The molecule has 5 rings (SSSR count). The van der Waals surface area contributed by atoms with E-state index in [1.165, 1.54) is 22.2 Å². The molecule has 2 N–H and O–H groups in total. The average Bonchev–Trinajstić information content (AvgIpc) is 2.86. The number of hydrogen-bond donors (Lipinski definition) is 2. The highest BCUT2D eigenvalue weighted by atomic mass is 35.5. The Morgan fingerprint density at radius 3 is 2.71 bits per heavy atom. The van der Waals surface area contributed by atoms with Gasteiger partial charge in [-0.25, -0.2) is 4.98 Å². The Morgan fingerprint density at radius 1 is 1.20 bits per heavy atom. The van der Waals surface area contributed by atoms with Crippen molar-refractivity contribution in [3.05, 3.63) is 82.0 Å². The third-order valence-corrected chi connectivity index (χ3v) is 6.92. The summed E-state index contributed by atoms with van der Waals surface area (Å²) in [7, 11) is 0. The Labute approximate surface area is 214 Å². The van der Waals surface area contributed by atoms with Crippen LogP contribution in [0.2, 0.25) is 10.0 Å². The molecule has 0 atom stereocenters. The number of carbonyl (C=O) groups excluding carboxylic acids is 1. The summed E-state index contributed by atoms with van der Waals surface area (Å²) in [5, 5.41) is 7.39. The summed E-state index contributed by atoms with van der Waals surface area (Å²) in [6.45, 7) is 5.95. The molecule has 0 saturated carbocycles. The van der Waals surface area contributed by atoms with E-state index in [0.29, 0.717) is 27.6 Å². The van der Waals surface area contributed by atoms with Crippen LogP contribution in [0.4, 0.5) is 17.3 Å². The molecular weight excluding hydrogens is 485 g/mol. The molecule has 1 aromatic heterocycles. The van der Waals surface area contributed by atoms with Gasteiger partial charge in [-0.2, -0.15) is 4.98 Å². The fourth-order valence-corrected chi connectivity index (χ4v) is 5.20. The quantitative estimate of drug-likeness (QED) is 0.413. The lowest BCUT2D eigenvalue weighted by atomic mass is 9.86. The number of fused-ring (bicyclic) bond motifs is 1. The first-order chi connectivity index (χ1) is 17.0. The summed E-state index contributed by atoms with van der Waals surface area (Å²) in [5.41, 5.74) is 4.12. The summed E-state index contributed by atoms with van der Waals surface area (Å²) < 4.78 is 5.79. The Hall–Kier alpha value is -3.13. The molecule has 0 spiro atoms. The Bertz CT molecular complexity index is 1260. The summed E-state index contributed by atoms with van der Waals surface area (Å²) >= 11 is 12.6. The first-order valence-corrected chi connectivity index (χ1v) is 12.3. The molecule has 1 amide bonds. The lowest BCUT2D eigenvalue weighted by molar-refractivity contribution is 0.0932. The molecule has 1 saturated heterocycles. The normalized spacial score (nSPS) is 15.9. The van der Waals surface area contributed by atoms with Crippen molar-refractivity contribution in [2.75, 3.05) is 30.0 Å². The van der Waals surface area contributed by atoms with Crippen LogP contribution in [0.25, 0.3) is 0 Å². The van der Waals surface area contributed by atoms with Gasteiger partial charge in [0.2, 0.25) is 11.8 Å². The van der Waals surface area contributed by atoms with Crippen LogP contribution in [0.15, 0.2) is 55.3 Å². The highest BCUT2D eigenvalue weighted by Gasteiger charge is 2.31. The monoisotopic (exact) mass is 509 g/mol. The van der Waals surface area contributed by atoms with Gasteiger partial charge in [-0.1, -0.05) is 41.4 Å². The molecule has 1 fully saturated rings. The first kappa shape index (κ1) is 23.6. The van der Waals surface area contributed by atoms with Crippen molar-refractivity contribution in [1.29, 1.82) is 0 Å². The highest BCUT2D eigenvalue weighted by molar-refractivity contribution is 6.40. The molecule has 0 unspecified atom stereocenters. The average molecular weight is 510 g/mol. The summed E-state index contributed by atoms with van der Waals surface area (Å²) in [6.07, 6.45) is 6.44. The van der Waals surface area contributed by atoms with E-state index in [4.69, 9.17) is 27.9 Å². The number of halogens is 2. The smallest absolute Gasteiger partial charge is 0.268 e. The van der Waals surface area contributed by atoms with Crippen LogP contribution in [0.1, 0.15) is 40.2 Å². The summed E-state index contributed by atoms with van der Waals surface area (Å²) in [4.78, 5) is 23.3. The van der Waals surface area contributed by atoms with Crippen LogP contribution in [0.5, 0.6) is 5.88 Å². The van der Waals surface area contributed by atoms with Crippen LogP contribution in [0, 0.1) is 0 Å². The Balaban J connectivity index is 1.37. The van der Waals surface area contributed by atoms with Gasteiger partial charge < -0.3 is 15.4 Å². The van der Waals surface area contributed by atoms with E-state index in [1.807, 2.05) is 12.1 Å². The van der Waals surface area contributed by atoms with Crippen molar-refractivity contribution in [2.45, 2.75) is 25.2 Å². The predicted molar refractivity (Wildman–Crippen MR) is 139 cm³/mol. The molecule has 2 aliphatic heterocycles. The zero-order valence-corrected chi connectivity index (χ0v) is 20.6. The number of aromatic nitrogens is 2. The molecule has 0 bridgehead atoms. The molecule has 180 valence electrons. The number of nitrogens with zero attached hydrogens (tertiary/aromatic N) is 3. The van der Waals surface area contributed by atoms with Gasteiger partial charge in [-0.15, -0.1) is 6.58 Å². The molecular formula is C26H25Cl2N5O2. The molecule has 2 aliphatic rings. The topological polar surface area (TPSA) is 79.4 Å². The van der Waals surface area contributed by atoms with Gasteiger partial charge in [0.05, 0.1) is 15.7 Å². The van der Waals surface area contributed by atoms with Crippen molar-refractivity contribution < 1.29 is 9.53 Å². The van der Waals surface area contributed by atoms with E-state index in [0.717, 1.165) is 38.0 Å². The second-order valence-corrected chi connectivity index (χ2v) is 9.36. The number of anilines is 3. The minimum atomic E-state index is -0.326. The van der Waals surface area contributed by atoms with E-state index < -0.39 is 0 Å². The molecule has 35 heavy (non-hydrogen) atoms. The van der Waals surface area contributed by atoms with E-state index in [9.17, 15) is 4.79 Å². The van der Waals surface area contributed by atoms with Crippen LogP contribution in [-0.2, 0) is 6.42 Å². The third kappa shape index (κ3) is 4.85. The van der Waals surface area contributed by atoms with Crippen LogP contribution < -0.4 is 20.3 Å². The van der Waals surface area contributed by atoms with Crippen LogP contribution in [-0.4, -0.2) is 35.7 Å². The minimum Gasteiger partial charge on any atom is -0.455 e. The molecule has 0 radical (unpaired) electrons. The maximum Gasteiger partial charge on any atom is 0.268 e. The van der Waals surface area contributed by atoms with Gasteiger partial charge in [0.25, 0.3) is 5.91 Å². The standard InChI is InChI=1S/C26H25Cl2N5O2/c1-2-4-17-13-18(7-8-19(17)16-9-11-29-12-10-16)31-26-30-14-20-24(32-26)35-15-33(25(20)34)23-21(27)5-3-6-22(23)28/h2-3,5-8,13-14,16,29H,1,4,9-12,15H2,(H,30,31,32). The van der Waals surface area contributed by atoms with Crippen molar-refractivity contribution in [1.82, 2.24) is 15.3 Å². The lowest BCUT2D eigenvalue weighted by Crippen LogP contribution is -2.39. The largest absolute Gasteiger partial charge is 0.455 e. The summed E-state index contributed by atoms with van der Waals surface area (Å²) in [5.74, 6) is 0.783. The first-order valence-electron chi connectivity index (χ1n) is 11.5. The number of para-hydroxylation sites is 1. The predicted octanol–water partition coefficient (Wildman–Crippen LogP) is 5.72. The molecule has 0 aliphatic carbocycles. The van der Waals surface area contributed by atoms with Crippen LogP contribution in [0.3, 0.4) is 0 Å². The van der Waals surface area contributed by atoms with Gasteiger partial charge in [0.15, 0.2) is 6.73 Å². The number of ether oxygens (including phenoxy) is 1. The number of piperidine rings is 1. The fraction of sp³-hybridized carbons (Fsp3) is 0.269. The number of hydrogen-bond acceptors (Lipinski definition) is 6. The van der Waals surface area contributed by atoms with Gasteiger partial charge >= 0.3 is 0 Å². The number of nitrogens with one attached hydrogen (secondary N) is 2. The molecule has 3 aromatic rings. The van der Waals surface area contributed by atoms with Crippen LogP contribution >= 0.6 is 23.2 Å². The van der Waals surface area contributed by atoms with Crippen molar-refractivity contribution in [3.63, 3.8) is 0 Å². The molecule has 3 heterocycles. The maximum atomic E-state index is 13.1. The fourth-order valence-electron chi connectivity index (χ4n) is 4.60. The maximum absolute atomic E-state index is 13.1. The third-order valence-electron chi connectivity index (χ3n) is 6.31. The van der Waals surface area contributed by atoms with Gasteiger partial charge in [0.1, 0.15) is 5.56 Å². The second-order valence-electron chi connectivity index (χ2n) is 8.54. The van der Waals surface area contributed by atoms with Gasteiger partial charge in [0, 0.05) is 11.9 Å². The highest BCUT2D eigenvalue weighted by Crippen LogP contribution is 2.37.